The third kappa shape index (κ3) is 1.97. The van der Waals surface area contributed by atoms with Crippen LogP contribution in [0.4, 0.5) is 4.39 Å². The summed E-state index contributed by atoms with van der Waals surface area (Å²) in [7, 11) is 0. The molecule has 1 aromatic carbocycles. The maximum atomic E-state index is 13.2. The Balaban J connectivity index is 3.09. The van der Waals surface area contributed by atoms with Crippen molar-refractivity contribution in [3.05, 3.63) is 29.6 Å². The van der Waals surface area contributed by atoms with Crippen LogP contribution >= 0.6 is 0 Å². The van der Waals surface area contributed by atoms with E-state index in [0.29, 0.717) is 12.0 Å². The fraction of sp³-hybridized carbons (Fsp3) is 0.300. The molecule has 1 aromatic rings. The quantitative estimate of drug-likeness (QED) is 0.758. The third-order valence-corrected chi connectivity index (χ3v) is 1.92. The molecule has 0 saturated carbocycles. The highest BCUT2D eigenvalue weighted by Gasteiger charge is 2.12. The summed E-state index contributed by atoms with van der Waals surface area (Å²) in [5.41, 5.74) is 0.350. The summed E-state index contributed by atoms with van der Waals surface area (Å²) in [5, 5.41) is 17.6. The molecular formula is C10H10FNO. The molecule has 1 atom stereocenters. The van der Waals surface area contributed by atoms with E-state index in [-0.39, 0.29) is 5.75 Å². The van der Waals surface area contributed by atoms with Crippen molar-refractivity contribution in [2.24, 2.45) is 0 Å². The van der Waals surface area contributed by atoms with E-state index in [2.05, 4.69) is 0 Å². The van der Waals surface area contributed by atoms with Gasteiger partial charge in [-0.1, -0.05) is 13.0 Å². The number of aromatic hydroxyl groups is 1. The zero-order valence-corrected chi connectivity index (χ0v) is 7.29. The SMILES string of the molecule is CCC(C#N)c1ccc(O)cc1F. The van der Waals surface area contributed by atoms with E-state index in [0.717, 1.165) is 6.07 Å². The van der Waals surface area contributed by atoms with Crippen LogP contribution in [0, 0.1) is 17.1 Å². The molecule has 1 unspecified atom stereocenters. The Morgan fingerprint density at radius 1 is 1.62 bits per heavy atom. The van der Waals surface area contributed by atoms with Crippen molar-refractivity contribution in [2.45, 2.75) is 19.3 Å². The van der Waals surface area contributed by atoms with E-state index >= 15 is 0 Å². The molecule has 2 nitrogen and oxygen atoms in total. The van der Waals surface area contributed by atoms with Gasteiger partial charge in [-0.05, 0) is 12.5 Å². The molecule has 0 heterocycles. The lowest BCUT2D eigenvalue weighted by molar-refractivity contribution is 0.467. The van der Waals surface area contributed by atoms with E-state index in [1.807, 2.05) is 13.0 Å². The number of nitrogens with zero attached hydrogens (tertiary/aromatic N) is 1. The van der Waals surface area contributed by atoms with Gasteiger partial charge in [0.05, 0.1) is 12.0 Å². The fourth-order valence-corrected chi connectivity index (χ4v) is 1.18. The zero-order valence-electron chi connectivity index (χ0n) is 7.29. The minimum Gasteiger partial charge on any atom is -0.508 e. The number of halogens is 1. The first-order valence-electron chi connectivity index (χ1n) is 4.07. The molecule has 68 valence electrons. The number of benzene rings is 1. The summed E-state index contributed by atoms with van der Waals surface area (Å²) >= 11 is 0. The summed E-state index contributed by atoms with van der Waals surface area (Å²) < 4.78 is 13.2. The largest absolute Gasteiger partial charge is 0.508 e. The molecule has 0 aliphatic rings. The highest BCUT2D eigenvalue weighted by Crippen LogP contribution is 2.24. The second-order valence-corrected chi connectivity index (χ2v) is 2.80. The molecule has 0 bridgehead atoms. The lowest BCUT2D eigenvalue weighted by atomic mass is 9.97. The van der Waals surface area contributed by atoms with Crippen molar-refractivity contribution in [2.75, 3.05) is 0 Å². The Hall–Kier alpha value is -1.56. The van der Waals surface area contributed by atoms with Crippen molar-refractivity contribution >= 4 is 0 Å². The Kier molecular flexibility index (Phi) is 2.86. The highest BCUT2D eigenvalue weighted by atomic mass is 19.1. The molecule has 1 N–H and O–H groups in total. The summed E-state index contributed by atoms with van der Waals surface area (Å²) in [6, 6.07) is 5.86. The van der Waals surface area contributed by atoms with Crippen LogP contribution in [0.3, 0.4) is 0 Å². The normalized spacial score (nSPS) is 12.1. The van der Waals surface area contributed by atoms with E-state index in [1.54, 1.807) is 0 Å². The number of rotatable bonds is 2. The predicted molar refractivity (Wildman–Crippen MR) is 46.7 cm³/mol. The topological polar surface area (TPSA) is 44.0 Å². The second-order valence-electron chi connectivity index (χ2n) is 2.80. The molecule has 0 fully saturated rings. The third-order valence-electron chi connectivity index (χ3n) is 1.92. The molecule has 0 aromatic heterocycles. The van der Waals surface area contributed by atoms with E-state index in [1.165, 1.54) is 12.1 Å². The molecular weight excluding hydrogens is 169 g/mol. The van der Waals surface area contributed by atoms with Gasteiger partial charge >= 0.3 is 0 Å². The van der Waals surface area contributed by atoms with Gasteiger partial charge in [0.1, 0.15) is 11.6 Å². The van der Waals surface area contributed by atoms with E-state index in [9.17, 15) is 4.39 Å². The Morgan fingerprint density at radius 2 is 2.31 bits per heavy atom. The van der Waals surface area contributed by atoms with Gasteiger partial charge in [-0.15, -0.1) is 0 Å². The van der Waals surface area contributed by atoms with Gasteiger partial charge in [-0.3, -0.25) is 0 Å². The first kappa shape index (κ1) is 9.53. The zero-order chi connectivity index (χ0) is 9.84. The van der Waals surface area contributed by atoms with Crippen LogP contribution in [0.2, 0.25) is 0 Å². The molecule has 1 rings (SSSR count). The van der Waals surface area contributed by atoms with Crippen LogP contribution < -0.4 is 0 Å². The lowest BCUT2D eigenvalue weighted by Gasteiger charge is -2.07. The number of hydrogen-bond donors (Lipinski definition) is 1. The van der Waals surface area contributed by atoms with Crippen LogP contribution in [0.15, 0.2) is 18.2 Å². The number of nitriles is 1. The van der Waals surface area contributed by atoms with Crippen LogP contribution in [0.1, 0.15) is 24.8 Å². The van der Waals surface area contributed by atoms with Crippen molar-refractivity contribution in [3.8, 4) is 11.8 Å². The molecule has 0 radical (unpaired) electrons. The van der Waals surface area contributed by atoms with Crippen molar-refractivity contribution in [3.63, 3.8) is 0 Å². The summed E-state index contributed by atoms with van der Waals surface area (Å²) in [5.74, 6) is -1.07. The first-order chi connectivity index (χ1) is 6.19. The molecule has 3 heteroatoms. The fourth-order valence-electron chi connectivity index (χ4n) is 1.18. The van der Waals surface area contributed by atoms with Gasteiger partial charge in [0, 0.05) is 11.6 Å². The molecule has 0 aliphatic heterocycles. The van der Waals surface area contributed by atoms with Gasteiger partial charge in [-0.2, -0.15) is 5.26 Å². The molecule has 13 heavy (non-hydrogen) atoms. The molecule has 0 spiro atoms. The van der Waals surface area contributed by atoms with Crippen LogP contribution in [-0.2, 0) is 0 Å². The maximum Gasteiger partial charge on any atom is 0.131 e. The second kappa shape index (κ2) is 3.90. The Morgan fingerprint density at radius 3 is 2.77 bits per heavy atom. The van der Waals surface area contributed by atoms with Gasteiger partial charge < -0.3 is 5.11 Å². The van der Waals surface area contributed by atoms with Crippen LogP contribution in [0.25, 0.3) is 0 Å². The Labute approximate surface area is 76.2 Å². The maximum absolute atomic E-state index is 13.2. The monoisotopic (exact) mass is 179 g/mol. The minimum absolute atomic E-state index is 0.117. The summed E-state index contributed by atoms with van der Waals surface area (Å²) in [6.07, 6.45) is 0.568. The molecule has 0 aliphatic carbocycles. The van der Waals surface area contributed by atoms with Gasteiger partial charge in [-0.25, -0.2) is 4.39 Å². The number of hydrogen-bond acceptors (Lipinski definition) is 2. The van der Waals surface area contributed by atoms with Crippen LogP contribution in [-0.4, -0.2) is 5.11 Å². The predicted octanol–water partition coefficient (Wildman–Crippen LogP) is 2.55. The first-order valence-corrected chi connectivity index (χ1v) is 4.07. The van der Waals surface area contributed by atoms with Crippen molar-refractivity contribution in [1.82, 2.24) is 0 Å². The Bertz CT molecular complexity index is 343. The number of phenolic OH excluding ortho intramolecular Hbond substituents is 1. The molecule has 0 saturated heterocycles. The summed E-state index contributed by atoms with van der Waals surface area (Å²) in [6.45, 7) is 1.82. The van der Waals surface area contributed by atoms with Crippen molar-refractivity contribution in [1.29, 1.82) is 5.26 Å². The van der Waals surface area contributed by atoms with Gasteiger partial charge in [0.15, 0.2) is 0 Å². The summed E-state index contributed by atoms with van der Waals surface area (Å²) in [4.78, 5) is 0. The lowest BCUT2D eigenvalue weighted by Crippen LogP contribution is -1.97. The standard InChI is InChI=1S/C10H10FNO/c1-2-7(6-12)9-4-3-8(13)5-10(9)11/h3-5,7,13H,2H2,1H3. The average Bonchev–Trinajstić information content (AvgIpc) is 2.10. The van der Waals surface area contributed by atoms with Crippen molar-refractivity contribution < 1.29 is 9.50 Å². The van der Waals surface area contributed by atoms with E-state index in [4.69, 9.17) is 10.4 Å². The molecule has 0 amide bonds. The smallest absolute Gasteiger partial charge is 0.131 e. The van der Waals surface area contributed by atoms with Crippen LogP contribution in [0.5, 0.6) is 5.75 Å². The van der Waals surface area contributed by atoms with Gasteiger partial charge in [0.25, 0.3) is 0 Å². The minimum atomic E-state index is -0.520. The van der Waals surface area contributed by atoms with E-state index < -0.39 is 11.7 Å². The van der Waals surface area contributed by atoms with Gasteiger partial charge in [0.2, 0.25) is 0 Å². The highest BCUT2D eigenvalue weighted by molar-refractivity contribution is 5.32. The number of phenols is 1. The average molecular weight is 179 g/mol.